The average molecular weight is 338 g/mol. The summed E-state index contributed by atoms with van der Waals surface area (Å²) in [6.45, 7) is 5.79. The summed E-state index contributed by atoms with van der Waals surface area (Å²) in [5.74, 6) is -0.242. The molecule has 0 spiro atoms. The second-order valence-corrected chi connectivity index (χ2v) is 7.00. The molecule has 2 aromatic rings. The third-order valence-electron chi connectivity index (χ3n) is 2.94. The fourth-order valence-electron chi connectivity index (χ4n) is 1.92. The molecule has 0 radical (unpaired) electrons. The highest BCUT2D eigenvalue weighted by Crippen LogP contribution is 2.15. The van der Waals surface area contributed by atoms with Gasteiger partial charge in [-0.05, 0) is 19.3 Å². The summed E-state index contributed by atoms with van der Waals surface area (Å²) in [6.07, 6.45) is 2.18. The summed E-state index contributed by atoms with van der Waals surface area (Å²) in [5, 5.41) is 7.85. The minimum Gasteiger partial charge on any atom is -0.339 e. The van der Waals surface area contributed by atoms with Crippen LogP contribution in [0.3, 0.4) is 0 Å². The quantitative estimate of drug-likeness (QED) is 0.848. The molecule has 0 fully saturated rings. The number of rotatable bonds is 6. The molecule has 2 aromatic heterocycles. The van der Waals surface area contributed by atoms with E-state index in [1.54, 1.807) is 24.0 Å². The fourth-order valence-corrected chi connectivity index (χ4v) is 3.16. The first-order valence-electron chi connectivity index (χ1n) is 6.88. The second kappa shape index (κ2) is 7.46. The van der Waals surface area contributed by atoms with Crippen LogP contribution in [0.5, 0.6) is 0 Å². The van der Waals surface area contributed by atoms with Crippen molar-refractivity contribution < 1.29 is 9.59 Å². The number of thiazole rings is 2. The Morgan fingerprint density at radius 2 is 2.05 bits per heavy atom. The van der Waals surface area contributed by atoms with Crippen molar-refractivity contribution in [1.29, 1.82) is 0 Å². The summed E-state index contributed by atoms with van der Waals surface area (Å²) in [5.41, 5.74) is 2.29. The highest BCUT2D eigenvalue weighted by atomic mass is 32.1. The number of carbonyl (C=O) groups is 2. The lowest BCUT2D eigenvalue weighted by molar-refractivity contribution is -0.118. The predicted octanol–water partition coefficient (Wildman–Crippen LogP) is 2.69. The molecule has 0 aromatic carbocycles. The van der Waals surface area contributed by atoms with Crippen LogP contribution in [0.2, 0.25) is 0 Å². The van der Waals surface area contributed by atoms with Crippen molar-refractivity contribution in [1.82, 2.24) is 15.3 Å². The van der Waals surface area contributed by atoms with Gasteiger partial charge in [0.15, 0.2) is 5.13 Å². The van der Waals surface area contributed by atoms with Gasteiger partial charge >= 0.3 is 0 Å². The van der Waals surface area contributed by atoms with E-state index in [-0.39, 0.29) is 17.7 Å². The lowest BCUT2D eigenvalue weighted by atomic mass is 10.0. The molecule has 2 rings (SSSR count). The number of nitrogens with zero attached hydrogens (tertiary/aromatic N) is 2. The zero-order valence-electron chi connectivity index (χ0n) is 12.6. The molecule has 2 amide bonds. The molecule has 0 aliphatic heterocycles. The summed E-state index contributed by atoms with van der Waals surface area (Å²) >= 11 is 2.61. The molecule has 0 saturated carbocycles. The Morgan fingerprint density at radius 3 is 2.59 bits per heavy atom. The number of amides is 2. The standard InChI is InChI=1S/C14H18N4O2S2/c1-8(2)6-10(12(19)18-14-15-4-5-21-14)17-13(20)11-9(3)16-7-22-11/h4-5,7-8,10H,6H2,1-3H3,(H,17,20)(H,15,18,19). The summed E-state index contributed by atoms with van der Waals surface area (Å²) in [4.78, 5) is 33.3. The highest BCUT2D eigenvalue weighted by molar-refractivity contribution is 7.13. The van der Waals surface area contributed by atoms with Crippen LogP contribution in [0.4, 0.5) is 5.13 Å². The zero-order chi connectivity index (χ0) is 16.1. The second-order valence-electron chi connectivity index (χ2n) is 5.25. The van der Waals surface area contributed by atoms with Gasteiger partial charge in [-0.1, -0.05) is 13.8 Å². The van der Waals surface area contributed by atoms with E-state index in [0.717, 1.165) is 0 Å². The Balaban J connectivity index is 2.07. The maximum absolute atomic E-state index is 12.4. The topological polar surface area (TPSA) is 84.0 Å². The molecule has 0 saturated heterocycles. The maximum Gasteiger partial charge on any atom is 0.263 e. The van der Waals surface area contributed by atoms with Gasteiger partial charge in [0.1, 0.15) is 10.9 Å². The minimum atomic E-state index is -0.599. The summed E-state index contributed by atoms with van der Waals surface area (Å²) < 4.78 is 0. The first-order chi connectivity index (χ1) is 10.5. The van der Waals surface area contributed by atoms with Gasteiger partial charge in [-0.2, -0.15) is 0 Å². The van der Waals surface area contributed by atoms with E-state index >= 15 is 0 Å². The van der Waals surface area contributed by atoms with E-state index in [2.05, 4.69) is 20.6 Å². The van der Waals surface area contributed by atoms with Gasteiger partial charge < -0.3 is 10.6 Å². The SMILES string of the molecule is Cc1ncsc1C(=O)NC(CC(C)C)C(=O)Nc1nccs1. The van der Waals surface area contributed by atoms with Crippen LogP contribution in [-0.4, -0.2) is 27.8 Å². The number of hydrogen-bond donors (Lipinski definition) is 2. The summed E-state index contributed by atoms with van der Waals surface area (Å²) in [6, 6.07) is -0.599. The largest absolute Gasteiger partial charge is 0.339 e. The molecule has 8 heteroatoms. The highest BCUT2D eigenvalue weighted by Gasteiger charge is 2.24. The van der Waals surface area contributed by atoms with Crippen LogP contribution >= 0.6 is 22.7 Å². The van der Waals surface area contributed by atoms with Crippen molar-refractivity contribution in [2.24, 2.45) is 5.92 Å². The molecule has 22 heavy (non-hydrogen) atoms. The lowest BCUT2D eigenvalue weighted by Gasteiger charge is -2.19. The van der Waals surface area contributed by atoms with Gasteiger partial charge in [0.2, 0.25) is 5.91 Å². The van der Waals surface area contributed by atoms with Gasteiger partial charge in [-0.3, -0.25) is 9.59 Å². The molecule has 0 aliphatic rings. The molecular weight excluding hydrogens is 320 g/mol. The minimum absolute atomic E-state index is 0.251. The van der Waals surface area contributed by atoms with E-state index in [9.17, 15) is 9.59 Å². The average Bonchev–Trinajstić information content (AvgIpc) is 3.08. The smallest absolute Gasteiger partial charge is 0.263 e. The van der Waals surface area contributed by atoms with Crippen LogP contribution in [0, 0.1) is 12.8 Å². The normalized spacial score (nSPS) is 12.2. The van der Waals surface area contributed by atoms with Crippen LogP contribution in [-0.2, 0) is 4.79 Å². The molecule has 1 unspecified atom stereocenters. The van der Waals surface area contributed by atoms with Crippen molar-refractivity contribution in [3.8, 4) is 0 Å². The first-order valence-corrected chi connectivity index (χ1v) is 8.64. The van der Waals surface area contributed by atoms with E-state index < -0.39 is 6.04 Å². The summed E-state index contributed by atoms with van der Waals surface area (Å²) in [7, 11) is 0. The lowest BCUT2D eigenvalue weighted by Crippen LogP contribution is -2.44. The van der Waals surface area contributed by atoms with Gasteiger partial charge in [0.05, 0.1) is 11.2 Å². The van der Waals surface area contributed by atoms with Crippen LogP contribution in [0.1, 0.15) is 35.6 Å². The number of nitrogens with one attached hydrogen (secondary N) is 2. The van der Waals surface area contributed by atoms with Crippen molar-refractivity contribution in [2.45, 2.75) is 33.2 Å². The number of aromatic nitrogens is 2. The van der Waals surface area contributed by atoms with Gasteiger partial charge in [0.25, 0.3) is 5.91 Å². The monoisotopic (exact) mass is 338 g/mol. The predicted molar refractivity (Wildman–Crippen MR) is 88.3 cm³/mol. The number of hydrogen-bond acceptors (Lipinski definition) is 6. The number of anilines is 1. The van der Waals surface area contributed by atoms with Crippen LogP contribution < -0.4 is 10.6 Å². The first kappa shape index (κ1) is 16.6. The Labute approximate surface area is 137 Å². The third-order valence-corrected chi connectivity index (χ3v) is 4.56. The number of aryl methyl sites for hydroxylation is 1. The maximum atomic E-state index is 12.4. The van der Waals surface area contributed by atoms with Crippen molar-refractivity contribution in [3.63, 3.8) is 0 Å². The van der Waals surface area contributed by atoms with Crippen LogP contribution in [0.25, 0.3) is 0 Å². The van der Waals surface area contributed by atoms with E-state index in [1.807, 2.05) is 13.8 Å². The Hall–Kier alpha value is -1.80. The van der Waals surface area contributed by atoms with Gasteiger partial charge in [-0.25, -0.2) is 9.97 Å². The van der Waals surface area contributed by atoms with E-state index in [1.165, 1.54) is 22.7 Å². The Bertz CT molecular complexity index is 637. The molecule has 0 bridgehead atoms. The Morgan fingerprint density at radius 1 is 1.27 bits per heavy atom. The van der Waals surface area contributed by atoms with Crippen LogP contribution in [0.15, 0.2) is 17.1 Å². The molecule has 6 nitrogen and oxygen atoms in total. The molecule has 1 atom stereocenters. The van der Waals surface area contributed by atoms with Crippen molar-refractivity contribution in [2.75, 3.05) is 5.32 Å². The fraction of sp³-hybridized carbons (Fsp3) is 0.429. The number of carbonyl (C=O) groups excluding carboxylic acids is 2. The molecular formula is C14H18N4O2S2. The van der Waals surface area contributed by atoms with E-state index in [4.69, 9.17) is 0 Å². The third kappa shape index (κ3) is 4.35. The zero-order valence-corrected chi connectivity index (χ0v) is 14.3. The van der Waals surface area contributed by atoms with Crippen molar-refractivity contribution >= 4 is 39.6 Å². The van der Waals surface area contributed by atoms with E-state index in [0.29, 0.717) is 22.1 Å². The Kier molecular flexibility index (Phi) is 5.62. The van der Waals surface area contributed by atoms with Crippen molar-refractivity contribution in [3.05, 3.63) is 27.7 Å². The van der Waals surface area contributed by atoms with Gasteiger partial charge in [0, 0.05) is 11.6 Å². The van der Waals surface area contributed by atoms with Gasteiger partial charge in [-0.15, -0.1) is 22.7 Å². The molecule has 2 heterocycles. The molecule has 2 N–H and O–H groups in total. The molecule has 0 aliphatic carbocycles. The molecule has 118 valence electrons.